The zero-order valence-electron chi connectivity index (χ0n) is 9.04. The van der Waals surface area contributed by atoms with Crippen LogP contribution in [-0.4, -0.2) is 33.9 Å². The van der Waals surface area contributed by atoms with Gasteiger partial charge in [0.2, 0.25) is 3.79 Å². The molecule has 1 aliphatic rings. The Morgan fingerprint density at radius 1 is 1.38 bits per heavy atom. The Morgan fingerprint density at radius 3 is 2.38 bits per heavy atom. The number of ether oxygens (including phenoxy) is 2. The van der Waals surface area contributed by atoms with E-state index in [-0.39, 0.29) is 0 Å². The molecule has 0 spiro atoms. The fraction of sp³-hybridized carbons (Fsp3) is 0.778. The van der Waals surface area contributed by atoms with Gasteiger partial charge in [0.15, 0.2) is 18.5 Å². The Kier molecular flexibility index (Phi) is 3.98. The lowest BCUT2D eigenvalue weighted by molar-refractivity contribution is -0.157. The van der Waals surface area contributed by atoms with Crippen LogP contribution < -0.4 is 0 Å². The minimum absolute atomic E-state index is 0.572. The molecule has 1 heterocycles. The van der Waals surface area contributed by atoms with Crippen LogP contribution in [0.25, 0.3) is 0 Å². The van der Waals surface area contributed by atoms with Crippen molar-refractivity contribution in [3.63, 3.8) is 0 Å². The topological polar surface area (TPSA) is 47.9 Å². The summed E-state index contributed by atoms with van der Waals surface area (Å²) < 4.78 is 8.39. The Labute approximate surface area is 109 Å². The summed E-state index contributed by atoms with van der Waals surface area (Å²) in [6.45, 7) is 5.23. The molecule has 0 aromatic carbocycles. The first kappa shape index (κ1) is 13.9. The molecule has 4 nitrogen and oxygen atoms in total. The number of carbonyl (C=O) groups excluding carboxylic acids is 1. The molecule has 16 heavy (non-hydrogen) atoms. The summed E-state index contributed by atoms with van der Waals surface area (Å²) in [5, 5.41) is 0. The third kappa shape index (κ3) is 3.68. The molecule has 1 aliphatic heterocycles. The van der Waals surface area contributed by atoms with Crippen molar-refractivity contribution in [1.82, 2.24) is 0 Å². The van der Waals surface area contributed by atoms with Crippen molar-refractivity contribution in [1.29, 1.82) is 0 Å². The Bertz CT molecular complexity index is 306. The zero-order valence-corrected chi connectivity index (χ0v) is 11.3. The minimum atomic E-state index is -1.72. The van der Waals surface area contributed by atoms with Gasteiger partial charge in [0, 0.05) is 0 Å². The number of hydrogen-bond donors (Lipinski definition) is 0. The average Bonchev–Trinajstić information content (AvgIpc) is 2.45. The summed E-state index contributed by atoms with van der Waals surface area (Å²) >= 11 is 17.0. The highest BCUT2D eigenvalue weighted by Crippen LogP contribution is 2.37. The van der Waals surface area contributed by atoms with E-state index in [2.05, 4.69) is 4.99 Å². The van der Waals surface area contributed by atoms with Gasteiger partial charge in [0.25, 0.3) is 0 Å². The van der Waals surface area contributed by atoms with Gasteiger partial charge in [-0.3, -0.25) is 0 Å². The minimum Gasteiger partial charge on any atom is -0.473 e. The standard InChI is InChI=1S/C9H12Cl3NO3/c1-8(2,3)16-7(14)5-6(9(10,11)12)15-4-13-5/h4-6H,1-3H3/t5-,6-/m0/s1. The fourth-order valence-electron chi connectivity index (χ4n) is 1.12. The molecule has 1 rings (SSSR count). The van der Waals surface area contributed by atoms with Crippen LogP contribution in [-0.2, 0) is 14.3 Å². The molecule has 0 aromatic heterocycles. The highest BCUT2D eigenvalue weighted by molar-refractivity contribution is 6.68. The largest absolute Gasteiger partial charge is 0.473 e. The van der Waals surface area contributed by atoms with E-state index < -0.39 is 27.5 Å². The molecule has 0 bridgehead atoms. The van der Waals surface area contributed by atoms with Gasteiger partial charge in [-0.25, -0.2) is 9.79 Å². The first-order chi connectivity index (χ1) is 7.11. The van der Waals surface area contributed by atoms with E-state index in [1.54, 1.807) is 20.8 Å². The summed E-state index contributed by atoms with van der Waals surface area (Å²) in [6, 6.07) is -0.938. The lowest BCUT2D eigenvalue weighted by atomic mass is 10.1. The number of aliphatic imine (C=N–C) groups is 1. The van der Waals surface area contributed by atoms with E-state index in [0.29, 0.717) is 0 Å². The highest BCUT2D eigenvalue weighted by atomic mass is 35.6. The van der Waals surface area contributed by atoms with Crippen molar-refractivity contribution in [3.8, 4) is 0 Å². The van der Waals surface area contributed by atoms with E-state index in [4.69, 9.17) is 44.3 Å². The number of nitrogens with zero attached hydrogens (tertiary/aromatic N) is 1. The fourth-order valence-corrected chi connectivity index (χ4v) is 1.63. The van der Waals surface area contributed by atoms with E-state index in [1.807, 2.05) is 0 Å². The third-order valence-electron chi connectivity index (χ3n) is 1.69. The molecule has 0 saturated heterocycles. The lowest BCUT2D eigenvalue weighted by Crippen LogP contribution is -2.42. The Balaban J connectivity index is 2.72. The monoisotopic (exact) mass is 287 g/mol. The Morgan fingerprint density at radius 2 is 1.94 bits per heavy atom. The molecule has 0 radical (unpaired) electrons. The third-order valence-corrected chi connectivity index (χ3v) is 2.33. The van der Waals surface area contributed by atoms with Crippen molar-refractivity contribution in [3.05, 3.63) is 0 Å². The molecule has 0 aromatic rings. The predicted molar refractivity (Wildman–Crippen MR) is 63.3 cm³/mol. The lowest BCUT2D eigenvalue weighted by Gasteiger charge is -2.26. The zero-order chi connectivity index (χ0) is 12.6. The second kappa shape index (κ2) is 4.59. The number of rotatable bonds is 1. The van der Waals surface area contributed by atoms with Crippen molar-refractivity contribution >= 4 is 47.2 Å². The Hall–Kier alpha value is -0.190. The molecule has 0 fully saturated rings. The molecular formula is C9H12Cl3NO3. The molecule has 7 heteroatoms. The van der Waals surface area contributed by atoms with Gasteiger partial charge in [-0.15, -0.1) is 0 Å². The van der Waals surface area contributed by atoms with Crippen LogP contribution in [0.4, 0.5) is 0 Å². The van der Waals surface area contributed by atoms with Crippen LogP contribution in [0.2, 0.25) is 0 Å². The van der Waals surface area contributed by atoms with Crippen LogP contribution in [0, 0.1) is 0 Å². The molecule has 0 amide bonds. The molecular weight excluding hydrogens is 276 g/mol. The molecule has 92 valence electrons. The van der Waals surface area contributed by atoms with E-state index in [1.165, 1.54) is 0 Å². The van der Waals surface area contributed by atoms with Gasteiger partial charge in [-0.05, 0) is 20.8 Å². The maximum atomic E-state index is 11.7. The SMILES string of the molecule is CC(C)(C)OC(=O)[C@H]1N=CO[C@@H]1C(Cl)(Cl)Cl. The maximum Gasteiger partial charge on any atom is 0.335 e. The van der Waals surface area contributed by atoms with Gasteiger partial charge < -0.3 is 9.47 Å². The van der Waals surface area contributed by atoms with E-state index >= 15 is 0 Å². The van der Waals surface area contributed by atoms with Gasteiger partial charge in [-0.2, -0.15) is 0 Å². The number of esters is 1. The van der Waals surface area contributed by atoms with E-state index in [0.717, 1.165) is 6.40 Å². The smallest absolute Gasteiger partial charge is 0.335 e. The van der Waals surface area contributed by atoms with Gasteiger partial charge in [0.05, 0.1) is 0 Å². The van der Waals surface area contributed by atoms with Gasteiger partial charge in [-0.1, -0.05) is 34.8 Å². The van der Waals surface area contributed by atoms with Gasteiger partial charge in [0.1, 0.15) is 5.60 Å². The van der Waals surface area contributed by atoms with Crippen LogP contribution in [0.3, 0.4) is 0 Å². The van der Waals surface area contributed by atoms with Crippen molar-refractivity contribution < 1.29 is 14.3 Å². The summed E-state index contributed by atoms with van der Waals surface area (Å²) in [5.74, 6) is -0.572. The summed E-state index contributed by atoms with van der Waals surface area (Å²) in [5.41, 5.74) is -0.618. The molecule has 2 atom stereocenters. The van der Waals surface area contributed by atoms with Crippen molar-refractivity contribution in [2.75, 3.05) is 0 Å². The maximum absolute atomic E-state index is 11.7. The molecule has 0 aliphatic carbocycles. The van der Waals surface area contributed by atoms with Crippen LogP contribution >= 0.6 is 34.8 Å². The summed E-state index contributed by atoms with van der Waals surface area (Å²) in [4.78, 5) is 15.5. The van der Waals surface area contributed by atoms with Gasteiger partial charge >= 0.3 is 5.97 Å². The summed E-state index contributed by atoms with van der Waals surface area (Å²) in [7, 11) is 0. The first-order valence-electron chi connectivity index (χ1n) is 4.58. The predicted octanol–water partition coefficient (Wildman–Crippen LogP) is 2.49. The van der Waals surface area contributed by atoms with Crippen LogP contribution in [0.5, 0.6) is 0 Å². The van der Waals surface area contributed by atoms with E-state index in [9.17, 15) is 4.79 Å². The second-order valence-corrected chi connectivity index (χ2v) is 6.70. The second-order valence-electron chi connectivity index (χ2n) is 4.33. The average molecular weight is 289 g/mol. The van der Waals surface area contributed by atoms with Crippen molar-refractivity contribution in [2.24, 2.45) is 4.99 Å². The normalized spacial score (nSPS) is 25.4. The number of hydrogen-bond acceptors (Lipinski definition) is 4. The quantitative estimate of drug-likeness (QED) is 0.550. The number of halogens is 3. The van der Waals surface area contributed by atoms with Crippen LogP contribution in [0.1, 0.15) is 20.8 Å². The first-order valence-corrected chi connectivity index (χ1v) is 5.71. The number of alkyl halides is 3. The molecule has 0 saturated carbocycles. The van der Waals surface area contributed by atoms with Crippen molar-refractivity contribution in [2.45, 2.75) is 42.3 Å². The van der Waals surface area contributed by atoms with Crippen LogP contribution in [0.15, 0.2) is 4.99 Å². The molecule has 0 unspecified atom stereocenters. The molecule has 0 N–H and O–H groups in total. The summed E-state index contributed by atoms with van der Waals surface area (Å²) in [6.07, 6.45) is 0.147. The highest BCUT2D eigenvalue weighted by Gasteiger charge is 2.47. The number of carbonyl (C=O) groups is 1.